The van der Waals surface area contributed by atoms with Crippen LogP contribution in [-0.4, -0.2) is 36.5 Å². The van der Waals surface area contributed by atoms with Gasteiger partial charge in [-0.2, -0.15) is 0 Å². The molecule has 8 heteroatoms. The number of nitrogens with zero attached hydrogens (tertiary/aromatic N) is 2. The average molecular weight is 382 g/mol. The van der Waals surface area contributed by atoms with Gasteiger partial charge < -0.3 is 23.4 Å². The van der Waals surface area contributed by atoms with Gasteiger partial charge in [0.05, 0.1) is 12.7 Å². The quantitative estimate of drug-likeness (QED) is 0.620. The third kappa shape index (κ3) is 3.62. The Hall–Kier alpha value is -3.55. The van der Waals surface area contributed by atoms with Crippen molar-refractivity contribution in [3.8, 4) is 28.7 Å². The minimum atomic E-state index is -0.708. The highest BCUT2D eigenvalue weighted by Gasteiger charge is 2.22. The molecule has 28 heavy (non-hydrogen) atoms. The van der Waals surface area contributed by atoms with Gasteiger partial charge in [0.25, 0.3) is 5.89 Å². The summed E-state index contributed by atoms with van der Waals surface area (Å²) in [7, 11) is 1.59. The molecule has 0 unspecified atom stereocenters. The van der Waals surface area contributed by atoms with E-state index in [9.17, 15) is 4.79 Å². The summed E-state index contributed by atoms with van der Waals surface area (Å²) in [6, 6.07) is 12.1. The van der Waals surface area contributed by atoms with E-state index < -0.39 is 12.1 Å². The summed E-state index contributed by atoms with van der Waals surface area (Å²) in [6.45, 7) is 2.60. The number of hydrogen-bond donors (Lipinski definition) is 0. The first-order valence-electron chi connectivity index (χ1n) is 8.72. The molecule has 8 nitrogen and oxygen atoms in total. The number of carbonyl (C=O) groups excluding carboxylic acids is 1. The zero-order valence-corrected chi connectivity index (χ0v) is 15.4. The molecule has 0 N–H and O–H groups in total. The molecule has 0 bridgehead atoms. The zero-order valence-electron chi connectivity index (χ0n) is 15.4. The van der Waals surface area contributed by atoms with Gasteiger partial charge in [-0.05, 0) is 49.4 Å². The molecule has 2 aromatic carbocycles. The number of benzene rings is 2. The Kier molecular flexibility index (Phi) is 4.84. The average Bonchev–Trinajstić information content (AvgIpc) is 3.24. The Balaban J connectivity index is 1.45. The summed E-state index contributed by atoms with van der Waals surface area (Å²) in [5.74, 6) is 1.88. The molecule has 0 saturated heterocycles. The van der Waals surface area contributed by atoms with Crippen LogP contribution in [0.5, 0.6) is 17.2 Å². The first-order chi connectivity index (χ1) is 13.6. The summed E-state index contributed by atoms with van der Waals surface area (Å²) in [6.07, 6.45) is -0.708. The van der Waals surface area contributed by atoms with Crippen molar-refractivity contribution in [1.29, 1.82) is 0 Å². The van der Waals surface area contributed by atoms with Gasteiger partial charge in [0.2, 0.25) is 5.89 Å². The Bertz CT molecular complexity index is 983. The monoisotopic (exact) mass is 382 g/mol. The molecule has 1 aromatic heterocycles. The van der Waals surface area contributed by atoms with Crippen molar-refractivity contribution < 1.29 is 28.2 Å². The number of esters is 1. The maximum atomic E-state index is 12.4. The van der Waals surface area contributed by atoms with E-state index in [1.807, 2.05) is 12.1 Å². The van der Waals surface area contributed by atoms with E-state index in [2.05, 4.69) is 10.2 Å². The molecule has 4 rings (SSSR count). The minimum Gasteiger partial charge on any atom is -0.497 e. The topological polar surface area (TPSA) is 92.9 Å². The number of carbonyl (C=O) groups is 1. The Morgan fingerprint density at radius 2 is 1.79 bits per heavy atom. The lowest BCUT2D eigenvalue weighted by atomic mass is 10.2. The number of rotatable bonds is 5. The second kappa shape index (κ2) is 7.59. The van der Waals surface area contributed by atoms with Gasteiger partial charge in [-0.3, -0.25) is 0 Å². The van der Waals surface area contributed by atoms with Crippen molar-refractivity contribution in [1.82, 2.24) is 10.2 Å². The highest BCUT2D eigenvalue weighted by Crippen LogP contribution is 2.31. The summed E-state index contributed by atoms with van der Waals surface area (Å²) in [5, 5.41) is 8.00. The highest BCUT2D eigenvalue weighted by molar-refractivity contribution is 5.90. The SMILES string of the molecule is COc1ccc(-c2nnc([C@@H](C)OC(=O)c3ccc4c(c3)OCCO4)o2)cc1. The molecule has 0 aliphatic carbocycles. The highest BCUT2D eigenvalue weighted by atomic mass is 16.6. The van der Waals surface area contributed by atoms with Crippen molar-refractivity contribution >= 4 is 5.97 Å². The Labute approximate surface area is 161 Å². The molecule has 2 heterocycles. The molecule has 0 amide bonds. The van der Waals surface area contributed by atoms with Crippen molar-refractivity contribution in [2.45, 2.75) is 13.0 Å². The number of ether oxygens (including phenoxy) is 4. The first-order valence-corrected chi connectivity index (χ1v) is 8.72. The van der Waals surface area contributed by atoms with Crippen LogP contribution in [0.4, 0.5) is 0 Å². The van der Waals surface area contributed by atoms with E-state index in [1.54, 1.807) is 44.4 Å². The molecule has 144 valence electrons. The summed E-state index contributed by atoms with van der Waals surface area (Å²) >= 11 is 0. The van der Waals surface area contributed by atoms with E-state index >= 15 is 0 Å². The number of fused-ring (bicyclic) bond motifs is 1. The van der Waals surface area contributed by atoms with Gasteiger partial charge in [-0.15, -0.1) is 10.2 Å². The van der Waals surface area contributed by atoms with Gasteiger partial charge >= 0.3 is 5.97 Å². The Morgan fingerprint density at radius 3 is 2.54 bits per heavy atom. The van der Waals surface area contributed by atoms with E-state index in [4.69, 9.17) is 23.4 Å². The predicted molar refractivity (Wildman–Crippen MR) is 97.5 cm³/mol. The van der Waals surface area contributed by atoms with Crippen LogP contribution < -0.4 is 14.2 Å². The van der Waals surface area contributed by atoms with Crippen molar-refractivity contribution in [3.63, 3.8) is 0 Å². The first kappa shape index (κ1) is 17.8. The van der Waals surface area contributed by atoms with Gasteiger partial charge in [0, 0.05) is 5.56 Å². The van der Waals surface area contributed by atoms with Crippen molar-refractivity contribution in [3.05, 3.63) is 53.9 Å². The van der Waals surface area contributed by atoms with Crippen LogP contribution in [0.25, 0.3) is 11.5 Å². The standard InChI is InChI=1S/C20H18N2O6/c1-12(18-21-22-19(28-18)13-3-6-15(24-2)7-4-13)27-20(23)14-5-8-16-17(11-14)26-10-9-25-16/h3-8,11-12H,9-10H2,1-2H3/t12-/m1/s1. The molecule has 0 spiro atoms. The second-order valence-electron chi connectivity index (χ2n) is 6.08. The molecule has 3 aromatic rings. The van der Waals surface area contributed by atoms with Gasteiger partial charge in [0.15, 0.2) is 17.6 Å². The molecule has 1 aliphatic heterocycles. The van der Waals surface area contributed by atoms with Crippen LogP contribution in [0.1, 0.15) is 29.3 Å². The summed E-state index contributed by atoms with van der Waals surface area (Å²) < 4.78 is 27.2. The summed E-state index contributed by atoms with van der Waals surface area (Å²) in [5.41, 5.74) is 1.09. The third-order valence-electron chi connectivity index (χ3n) is 4.19. The van der Waals surface area contributed by atoms with Crippen LogP contribution in [0, 0.1) is 0 Å². The largest absolute Gasteiger partial charge is 0.497 e. The molecular formula is C20H18N2O6. The maximum absolute atomic E-state index is 12.4. The lowest BCUT2D eigenvalue weighted by Gasteiger charge is -2.18. The maximum Gasteiger partial charge on any atom is 0.339 e. The van der Waals surface area contributed by atoms with Crippen LogP contribution in [0.15, 0.2) is 46.9 Å². The lowest BCUT2D eigenvalue weighted by Crippen LogP contribution is -2.16. The molecule has 1 aliphatic rings. The zero-order chi connectivity index (χ0) is 19.5. The smallest absolute Gasteiger partial charge is 0.339 e. The van der Waals surface area contributed by atoms with Crippen LogP contribution in [0.2, 0.25) is 0 Å². The van der Waals surface area contributed by atoms with Crippen LogP contribution >= 0.6 is 0 Å². The number of aromatic nitrogens is 2. The number of methoxy groups -OCH3 is 1. The number of hydrogen-bond acceptors (Lipinski definition) is 8. The fraction of sp³-hybridized carbons (Fsp3) is 0.250. The van der Waals surface area contributed by atoms with Crippen molar-refractivity contribution in [2.75, 3.05) is 20.3 Å². The molecular weight excluding hydrogens is 364 g/mol. The predicted octanol–water partition coefficient (Wildman–Crippen LogP) is 3.43. The molecule has 1 atom stereocenters. The lowest BCUT2D eigenvalue weighted by molar-refractivity contribution is 0.0279. The van der Waals surface area contributed by atoms with Crippen molar-refractivity contribution in [2.24, 2.45) is 0 Å². The van der Waals surface area contributed by atoms with E-state index in [1.165, 1.54) is 0 Å². The normalized spacial score (nSPS) is 13.6. The van der Waals surface area contributed by atoms with E-state index in [0.29, 0.717) is 36.2 Å². The fourth-order valence-corrected chi connectivity index (χ4v) is 2.70. The van der Waals surface area contributed by atoms with Gasteiger partial charge in [-0.25, -0.2) is 4.79 Å². The van der Waals surface area contributed by atoms with Gasteiger partial charge in [-0.1, -0.05) is 0 Å². The molecule has 0 radical (unpaired) electrons. The van der Waals surface area contributed by atoms with E-state index in [-0.39, 0.29) is 5.89 Å². The summed E-state index contributed by atoms with van der Waals surface area (Å²) in [4.78, 5) is 12.4. The fourth-order valence-electron chi connectivity index (χ4n) is 2.70. The van der Waals surface area contributed by atoms with Crippen LogP contribution in [0.3, 0.4) is 0 Å². The second-order valence-corrected chi connectivity index (χ2v) is 6.08. The molecule has 0 fully saturated rings. The Morgan fingerprint density at radius 1 is 1.04 bits per heavy atom. The minimum absolute atomic E-state index is 0.205. The third-order valence-corrected chi connectivity index (χ3v) is 4.19. The van der Waals surface area contributed by atoms with Gasteiger partial charge in [0.1, 0.15) is 19.0 Å². The molecule has 0 saturated carbocycles. The van der Waals surface area contributed by atoms with E-state index in [0.717, 1.165) is 11.3 Å². The van der Waals surface area contributed by atoms with Crippen LogP contribution in [-0.2, 0) is 4.74 Å².